The average molecular weight is 194 g/mol. The topological polar surface area (TPSA) is 43.4 Å². The SMILES string of the molecule is CCOC(=O)C(S)C(=O)CS. The van der Waals surface area contributed by atoms with E-state index in [4.69, 9.17) is 0 Å². The van der Waals surface area contributed by atoms with Crippen LogP contribution in [0, 0.1) is 0 Å². The first kappa shape index (κ1) is 10.8. The van der Waals surface area contributed by atoms with Crippen LogP contribution in [0.3, 0.4) is 0 Å². The van der Waals surface area contributed by atoms with Crippen LogP contribution < -0.4 is 0 Å². The Morgan fingerprint density at radius 1 is 1.55 bits per heavy atom. The zero-order chi connectivity index (χ0) is 8.85. The molecule has 0 bridgehead atoms. The largest absolute Gasteiger partial charge is 0.465 e. The molecule has 0 aliphatic rings. The van der Waals surface area contributed by atoms with E-state index >= 15 is 0 Å². The van der Waals surface area contributed by atoms with Crippen LogP contribution in [0.2, 0.25) is 0 Å². The number of ether oxygens (including phenoxy) is 1. The smallest absolute Gasteiger partial charge is 0.326 e. The molecule has 3 nitrogen and oxygen atoms in total. The molecule has 0 aromatic heterocycles. The third-order valence-electron chi connectivity index (χ3n) is 0.971. The lowest BCUT2D eigenvalue weighted by molar-refractivity contribution is -0.144. The number of Topliss-reactive ketones (excluding diaryl/α,β-unsaturated/α-hetero) is 1. The Labute approximate surface area is 76.3 Å². The van der Waals surface area contributed by atoms with Gasteiger partial charge >= 0.3 is 5.97 Å². The Morgan fingerprint density at radius 2 is 2.09 bits per heavy atom. The summed E-state index contributed by atoms with van der Waals surface area (Å²) in [7, 11) is 0. The van der Waals surface area contributed by atoms with Crippen molar-refractivity contribution in [3.8, 4) is 0 Å². The van der Waals surface area contributed by atoms with Crippen LogP contribution in [-0.2, 0) is 14.3 Å². The van der Waals surface area contributed by atoms with E-state index in [0.717, 1.165) is 0 Å². The molecular formula is C6H10O3S2. The summed E-state index contributed by atoms with van der Waals surface area (Å²) in [4.78, 5) is 21.6. The van der Waals surface area contributed by atoms with Crippen molar-refractivity contribution in [3.05, 3.63) is 0 Å². The Kier molecular flexibility index (Phi) is 5.41. The zero-order valence-corrected chi connectivity index (χ0v) is 7.90. The molecule has 1 atom stereocenters. The summed E-state index contributed by atoms with van der Waals surface area (Å²) in [5.74, 6) is -0.933. The van der Waals surface area contributed by atoms with Gasteiger partial charge in [0.1, 0.15) is 0 Å². The van der Waals surface area contributed by atoms with E-state index in [2.05, 4.69) is 30.0 Å². The van der Waals surface area contributed by atoms with Crippen molar-refractivity contribution in [2.75, 3.05) is 12.4 Å². The van der Waals surface area contributed by atoms with Gasteiger partial charge in [0.25, 0.3) is 0 Å². The predicted molar refractivity (Wildman–Crippen MR) is 48.3 cm³/mol. The zero-order valence-electron chi connectivity index (χ0n) is 6.11. The maximum atomic E-state index is 10.8. The van der Waals surface area contributed by atoms with Gasteiger partial charge in [-0.05, 0) is 6.92 Å². The number of hydrogen-bond donors (Lipinski definition) is 2. The number of thiol groups is 2. The highest BCUT2D eigenvalue weighted by atomic mass is 32.1. The standard InChI is InChI=1S/C6H10O3S2/c1-2-9-6(8)5(11)4(7)3-10/h5,10-11H,2-3H2,1H3. The summed E-state index contributed by atoms with van der Waals surface area (Å²) >= 11 is 7.47. The van der Waals surface area contributed by atoms with Crippen LogP contribution in [0.15, 0.2) is 0 Å². The fraction of sp³-hybridized carbons (Fsp3) is 0.667. The lowest BCUT2D eigenvalue weighted by Gasteiger charge is -2.05. The fourth-order valence-electron chi connectivity index (χ4n) is 0.439. The number of carbonyl (C=O) groups excluding carboxylic acids is 2. The first-order valence-electron chi connectivity index (χ1n) is 3.11. The normalized spacial score (nSPS) is 12.3. The summed E-state index contributed by atoms with van der Waals surface area (Å²) in [6.45, 7) is 1.93. The number of hydrogen-bond acceptors (Lipinski definition) is 5. The maximum Gasteiger partial charge on any atom is 0.326 e. The fourth-order valence-corrected chi connectivity index (χ4v) is 0.932. The van der Waals surface area contributed by atoms with Crippen molar-refractivity contribution in [2.45, 2.75) is 12.2 Å². The number of rotatable bonds is 4. The second kappa shape index (κ2) is 5.49. The van der Waals surface area contributed by atoms with Gasteiger partial charge in [-0.15, -0.1) is 0 Å². The Balaban J connectivity index is 3.91. The van der Waals surface area contributed by atoms with E-state index in [1.165, 1.54) is 0 Å². The highest BCUT2D eigenvalue weighted by Crippen LogP contribution is 2.01. The van der Waals surface area contributed by atoms with E-state index in [-0.39, 0.29) is 18.1 Å². The maximum absolute atomic E-state index is 10.8. The van der Waals surface area contributed by atoms with Crippen molar-refractivity contribution in [1.29, 1.82) is 0 Å². The quantitative estimate of drug-likeness (QED) is 0.385. The monoisotopic (exact) mass is 194 g/mol. The highest BCUT2D eigenvalue weighted by Gasteiger charge is 2.21. The Hall–Kier alpha value is -0.160. The van der Waals surface area contributed by atoms with Crippen LogP contribution in [0.25, 0.3) is 0 Å². The van der Waals surface area contributed by atoms with Crippen LogP contribution in [0.5, 0.6) is 0 Å². The van der Waals surface area contributed by atoms with Crippen LogP contribution in [-0.4, -0.2) is 29.4 Å². The molecule has 5 heteroatoms. The molecule has 0 amide bonds. The van der Waals surface area contributed by atoms with Gasteiger partial charge < -0.3 is 4.74 Å². The number of ketones is 1. The van der Waals surface area contributed by atoms with Crippen molar-refractivity contribution in [3.63, 3.8) is 0 Å². The molecule has 0 saturated heterocycles. The van der Waals surface area contributed by atoms with E-state index in [1.54, 1.807) is 6.92 Å². The lowest BCUT2D eigenvalue weighted by Crippen LogP contribution is -2.27. The Bertz CT molecular complexity index is 158. The second-order valence-corrected chi connectivity index (χ2v) is 2.61. The van der Waals surface area contributed by atoms with Gasteiger partial charge in [-0.1, -0.05) is 0 Å². The van der Waals surface area contributed by atoms with Crippen LogP contribution >= 0.6 is 25.3 Å². The van der Waals surface area contributed by atoms with Gasteiger partial charge in [0.2, 0.25) is 0 Å². The predicted octanol–water partition coefficient (Wildman–Crippen LogP) is 0.347. The average Bonchev–Trinajstić information content (AvgIpc) is 2.02. The van der Waals surface area contributed by atoms with E-state index < -0.39 is 11.2 Å². The van der Waals surface area contributed by atoms with Gasteiger partial charge in [0.05, 0.1) is 12.4 Å². The molecule has 11 heavy (non-hydrogen) atoms. The molecule has 0 N–H and O–H groups in total. The molecule has 64 valence electrons. The Morgan fingerprint density at radius 3 is 2.45 bits per heavy atom. The third-order valence-corrected chi connectivity index (χ3v) is 1.78. The van der Waals surface area contributed by atoms with E-state index in [9.17, 15) is 9.59 Å². The summed E-state index contributed by atoms with van der Waals surface area (Å²) in [5.41, 5.74) is 0. The molecule has 0 aromatic carbocycles. The van der Waals surface area contributed by atoms with Crippen molar-refractivity contribution < 1.29 is 14.3 Å². The summed E-state index contributed by atoms with van der Waals surface area (Å²) in [6, 6.07) is 0. The van der Waals surface area contributed by atoms with Gasteiger partial charge in [0.15, 0.2) is 11.0 Å². The van der Waals surface area contributed by atoms with Gasteiger partial charge in [-0.2, -0.15) is 25.3 Å². The number of esters is 1. The van der Waals surface area contributed by atoms with Crippen LogP contribution in [0.4, 0.5) is 0 Å². The van der Waals surface area contributed by atoms with Gasteiger partial charge in [-0.3, -0.25) is 9.59 Å². The lowest BCUT2D eigenvalue weighted by atomic mass is 10.3. The highest BCUT2D eigenvalue weighted by molar-refractivity contribution is 7.83. The summed E-state index contributed by atoms with van der Waals surface area (Å²) in [5, 5.41) is -0.979. The molecule has 0 spiro atoms. The first-order valence-corrected chi connectivity index (χ1v) is 4.26. The molecule has 1 unspecified atom stereocenters. The minimum atomic E-state index is -0.979. The molecule has 0 fully saturated rings. The second-order valence-electron chi connectivity index (χ2n) is 1.78. The minimum Gasteiger partial charge on any atom is -0.465 e. The van der Waals surface area contributed by atoms with Crippen LogP contribution in [0.1, 0.15) is 6.92 Å². The van der Waals surface area contributed by atoms with Crippen molar-refractivity contribution >= 4 is 37.0 Å². The first-order chi connectivity index (χ1) is 5.13. The summed E-state index contributed by atoms with van der Waals surface area (Å²) < 4.78 is 4.56. The molecular weight excluding hydrogens is 184 g/mol. The summed E-state index contributed by atoms with van der Waals surface area (Å²) in [6.07, 6.45) is 0. The third kappa shape index (κ3) is 3.67. The molecule has 0 aliphatic carbocycles. The molecule has 0 saturated carbocycles. The minimum absolute atomic E-state index is 0.00693. The molecule has 0 rings (SSSR count). The molecule has 0 aromatic rings. The van der Waals surface area contributed by atoms with Gasteiger partial charge in [-0.25, -0.2) is 0 Å². The van der Waals surface area contributed by atoms with Crippen molar-refractivity contribution in [2.24, 2.45) is 0 Å². The van der Waals surface area contributed by atoms with Gasteiger partial charge in [0, 0.05) is 0 Å². The van der Waals surface area contributed by atoms with Crippen molar-refractivity contribution in [1.82, 2.24) is 0 Å². The van der Waals surface area contributed by atoms with E-state index in [0.29, 0.717) is 0 Å². The molecule has 0 aliphatic heterocycles. The molecule has 0 heterocycles. The number of carbonyl (C=O) groups is 2. The van der Waals surface area contributed by atoms with E-state index in [1.807, 2.05) is 0 Å². The molecule has 0 radical (unpaired) electrons.